The van der Waals surface area contributed by atoms with Crippen LogP contribution in [0.15, 0.2) is 12.7 Å². The van der Waals surface area contributed by atoms with Gasteiger partial charge in [0.1, 0.15) is 6.54 Å². The first-order valence-corrected chi connectivity index (χ1v) is 5.93. The lowest BCUT2D eigenvalue weighted by Crippen LogP contribution is -2.46. The highest BCUT2D eigenvalue weighted by Gasteiger charge is 2.17. The summed E-state index contributed by atoms with van der Waals surface area (Å²) in [5, 5.41) is 11.5. The van der Waals surface area contributed by atoms with Gasteiger partial charge >= 0.3 is 12.0 Å². The van der Waals surface area contributed by atoms with Crippen LogP contribution in [0, 0.1) is 0 Å². The topological polar surface area (TPSA) is 69.6 Å². The van der Waals surface area contributed by atoms with Gasteiger partial charge in [-0.05, 0) is 12.8 Å². The Morgan fingerprint density at radius 2 is 2.12 bits per heavy atom. The van der Waals surface area contributed by atoms with Crippen LogP contribution in [-0.4, -0.2) is 41.1 Å². The highest BCUT2D eigenvalue weighted by atomic mass is 16.4. The molecule has 98 valence electrons. The van der Waals surface area contributed by atoms with Gasteiger partial charge in [-0.1, -0.05) is 26.3 Å². The summed E-state index contributed by atoms with van der Waals surface area (Å²) >= 11 is 0. The lowest BCUT2D eigenvalue weighted by molar-refractivity contribution is -0.137. The van der Waals surface area contributed by atoms with Crippen LogP contribution < -0.4 is 5.32 Å². The number of urea groups is 1. The summed E-state index contributed by atoms with van der Waals surface area (Å²) in [6.45, 7) is 7.49. The molecule has 5 heteroatoms. The van der Waals surface area contributed by atoms with Crippen molar-refractivity contribution in [3.05, 3.63) is 12.7 Å². The molecule has 0 saturated carbocycles. The van der Waals surface area contributed by atoms with Gasteiger partial charge in [0.2, 0.25) is 0 Å². The van der Waals surface area contributed by atoms with E-state index in [9.17, 15) is 9.59 Å². The zero-order valence-corrected chi connectivity index (χ0v) is 10.6. The van der Waals surface area contributed by atoms with E-state index >= 15 is 0 Å². The van der Waals surface area contributed by atoms with Crippen molar-refractivity contribution in [3.63, 3.8) is 0 Å². The molecule has 0 radical (unpaired) electrons. The first-order chi connectivity index (χ1) is 8.04. The van der Waals surface area contributed by atoms with Crippen molar-refractivity contribution in [2.75, 3.05) is 13.1 Å². The fraction of sp³-hybridized carbons (Fsp3) is 0.667. The number of nitrogens with zero attached hydrogens (tertiary/aromatic N) is 1. The van der Waals surface area contributed by atoms with Gasteiger partial charge in [-0.2, -0.15) is 0 Å². The Labute approximate surface area is 102 Å². The van der Waals surface area contributed by atoms with E-state index in [4.69, 9.17) is 5.11 Å². The molecule has 0 spiro atoms. The number of carboxylic acid groups (broad SMARTS) is 1. The van der Waals surface area contributed by atoms with Crippen LogP contribution in [0.4, 0.5) is 4.79 Å². The number of aliphatic carboxylic acids is 1. The number of hydrogen-bond donors (Lipinski definition) is 2. The Morgan fingerprint density at radius 1 is 1.47 bits per heavy atom. The second kappa shape index (κ2) is 8.61. The Balaban J connectivity index is 4.38. The van der Waals surface area contributed by atoms with E-state index in [2.05, 4.69) is 11.9 Å². The normalized spacial score (nSPS) is 11.6. The monoisotopic (exact) mass is 242 g/mol. The van der Waals surface area contributed by atoms with Gasteiger partial charge in [-0.3, -0.25) is 4.79 Å². The van der Waals surface area contributed by atoms with Crippen molar-refractivity contribution >= 4 is 12.0 Å². The van der Waals surface area contributed by atoms with Gasteiger partial charge in [0.15, 0.2) is 0 Å². The van der Waals surface area contributed by atoms with Crippen LogP contribution in [-0.2, 0) is 4.79 Å². The minimum absolute atomic E-state index is 0.105. The highest BCUT2D eigenvalue weighted by Crippen LogP contribution is 2.02. The molecule has 0 aliphatic carbocycles. The molecule has 0 aromatic carbocycles. The highest BCUT2D eigenvalue weighted by molar-refractivity contribution is 5.80. The van der Waals surface area contributed by atoms with Crippen molar-refractivity contribution in [2.24, 2.45) is 0 Å². The van der Waals surface area contributed by atoms with Crippen molar-refractivity contribution in [1.82, 2.24) is 10.2 Å². The molecule has 0 aliphatic rings. The molecule has 5 nitrogen and oxygen atoms in total. The number of carbonyl (C=O) groups is 2. The maximum atomic E-state index is 11.8. The second-order valence-electron chi connectivity index (χ2n) is 3.91. The van der Waals surface area contributed by atoms with Crippen molar-refractivity contribution < 1.29 is 14.7 Å². The SMILES string of the molecule is C=CCN(CC(=O)O)C(=O)NC(CC)CCC. The molecule has 0 heterocycles. The van der Waals surface area contributed by atoms with E-state index in [0.717, 1.165) is 19.3 Å². The third-order valence-electron chi connectivity index (χ3n) is 2.42. The van der Waals surface area contributed by atoms with E-state index in [0.29, 0.717) is 0 Å². The maximum absolute atomic E-state index is 11.8. The molecule has 0 bridgehead atoms. The van der Waals surface area contributed by atoms with Crippen LogP contribution in [0.3, 0.4) is 0 Å². The molecule has 0 rings (SSSR count). The van der Waals surface area contributed by atoms with Gasteiger partial charge in [0.05, 0.1) is 0 Å². The van der Waals surface area contributed by atoms with Gasteiger partial charge in [-0.15, -0.1) is 6.58 Å². The Hall–Kier alpha value is -1.52. The Morgan fingerprint density at radius 3 is 2.53 bits per heavy atom. The standard InChI is InChI=1S/C12H22N2O3/c1-4-7-10(6-3)13-12(17)14(8-5-2)9-11(15)16/h5,10H,2,4,6-9H2,1,3H3,(H,13,17)(H,15,16). The minimum atomic E-state index is -1.02. The molecule has 1 unspecified atom stereocenters. The third-order valence-corrected chi connectivity index (χ3v) is 2.42. The summed E-state index contributed by atoms with van der Waals surface area (Å²) in [6.07, 6.45) is 4.24. The van der Waals surface area contributed by atoms with Crippen molar-refractivity contribution in [1.29, 1.82) is 0 Å². The number of rotatable bonds is 8. The van der Waals surface area contributed by atoms with Gasteiger partial charge in [0, 0.05) is 12.6 Å². The van der Waals surface area contributed by atoms with E-state index in [-0.39, 0.29) is 25.2 Å². The zero-order chi connectivity index (χ0) is 13.3. The minimum Gasteiger partial charge on any atom is -0.480 e. The largest absolute Gasteiger partial charge is 0.480 e. The van der Waals surface area contributed by atoms with E-state index in [1.54, 1.807) is 0 Å². The molecule has 0 aromatic heterocycles. The summed E-state index contributed by atoms with van der Waals surface area (Å²) in [7, 11) is 0. The predicted octanol–water partition coefficient (Wildman–Crippen LogP) is 1.85. The summed E-state index contributed by atoms with van der Waals surface area (Å²) in [6, 6.07) is -0.235. The van der Waals surface area contributed by atoms with Crippen LogP contribution >= 0.6 is 0 Å². The summed E-state index contributed by atoms with van der Waals surface area (Å²) in [5.74, 6) is -1.02. The van der Waals surface area contributed by atoms with Crippen molar-refractivity contribution in [3.8, 4) is 0 Å². The van der Waals surface area contributed by atoms with Gasteiger partial charge < -0.3 is 15.3 Å². The molecular weight excluding hydrogens is 220 g/mol. The molecule has 0 aliphatic heterocycles. The maximum Gasteiger partial charge on any atom is 0.323 e. The molecule has 2 amide bonds. The molecule has 0 fully saturated rings. The Bertz CT molecular complexity index is 266. The van der Waals surface area contributed by atoms with Gasteiger partial charge in [0.25, 0.3) is 0 Å². The molecule has 1 atom stereocenters. The number of hydrogen-bond acceptors (Lipinski definition) is 2. The number of carbonyl (C=O) groups excluding carboxylic acids is 1. The van der Waals surface area contributed by atoms with E-state index in [1.807, 2.05) is 13.8 Å². The fourth-order valence-electron chi connectivity index (χ4n) is 1.53. The predicted molar refractivity (Wildman–Crippen MR) is 66.9 cm³/mol. The number of carboxylic acids is 1. The average Bonchev–Trinajstić information content (AvgIpc) is 2.27. The van der Waals surface area contributed by atoms with Crippen molar-refractivity contribution in [2.45, 2.75) is 39.2 Å². The average molecular weight is 242 g/mol. The van der Waals surface area contributed by atoms with Crippen LogP contribution in [0.1, 0.15) is 33.1 Å². The quantitative estimate of drug-likeness (QED) is 0.638. The van der Waals surface area contributed by atoms with E-state index in [1.165, 1.54) is 11.0 Å². The van der Waals surface area contributed by atoms with Gasteiger partial charge in [-0.25, -0.2) is 4.79 Å². The molecule has 0 saturated heterocycles. The lowest BCUT2D eigenvalue weighted by Gasteiger charge is -2.23. The molecule has 17 heavy (non-hydrogen) atoms. The van der Waals surface area contributed by atoms with Crippen LogP contribution in [0.25, 0.3) is 0 Å². The smallest absolute Gasteiger partial charge is 0.323 e. The van der Waals surface area contributed by atoms with Crippen LogP contribution in [0.2, 0.25) is 0 Å². The third kappa shape index (κ3) is 6.60. The summed E-state index contributed by atoms with van der Waals surface area (Å²) in [5.41, 5.74) is 0. The second-order valence-corrected chi connectivity index (χ2v) is 3.91. The first kappa shape index (κ1) is 15.5. The number of nitrogens with one attached hydrogen (secondary N) is 1. The van der Waals surface area contributed by atoms with E-state index < -0.39 is 5.97 Å². The molecule has 0 aromatic rings. The first-order valence-electron chi connectivity index (χ1n) is 5.93. The van der Waals surface area contributed by atoms with Crippen LogP contribution in [0.5, 0.6) is 0 Å². The molecular formula is C12H22N2O3. The molecule has 2 N–H and O–H groups in total. The number of amides is 2. The Kier molecular flexibility index (Phi) is 7.84. The lowest BCUT2D eigenvalue weighted by atomic mass is 10.1. The fourth-order valence-corrected chi connectivity index (χ4v) is 1.53. The summed E-state index contributed by atoms with van der Waals surface area (Å²) < 4.78 is 0. The summed E-state index contributed by atoms with van der Waals surface area (Å²) in [4.78, 5) is 23.7. The zero-order valence-electron chi connectivity index (χ0n) is 10.6.